The van der Waals surface area contributed by atoms with Gasteiger partial charge in [0.15, 0.2) is 11.4 Å². The number of fused-ring (bicyclic) bond motifs is 1. The number of oxazole rings is 1. The molecule has 19 heavy (non-hydrogen) atoms. The minimum absolute atomic E-state index is 0.0446. The molecule has 5 heteroatoms. The van der Waals surface area contributed by atoms with Gasteiger partial charge in [-0.05, 0) is 31.0 Å². The second-order valence-corrected chi connectivity index (χ2v) is 5.23. The van der Waals surface area contributed by atoms with Crippen LogP contribution in [-0.2, 0) is 7.05 Å². The molecule has 1 fully saturated rings. The first-order chi connectivity index (χ1) is 9.07. The van der Waals surface area contributed by atoms with Crippen LogP contribution >= 0.6 is 0 Å². The topological polar surface area (TPSA) is 72.4 Å². The van der Waals surface area contributed by atoms with E-state index in [0.717, 1.165) is 19.3 Å². The third kappa shape index (κ3) is 1.65. The number of Topliss-reactive ketones (excluding diaryl/α,β-unsaturated/α-hetero) is 1. The molecule has 0 saturated heterocycles. The maximum Gasteiger partial charge on any atom is 0.419 e. The van der Waals surface area contributed by atoms with Crippen LogP contribution in [0.25, 0.3) is 11.1 Å². The highest BCUT2D eigenvalue weighted by molar-refractivity contribution is 6.03. The molecule has 1 heterocycles. The van der Waals surface area contributed by atoms with E-state index in [1.807, 2.05) is 0 Å². The molecule has 3 rings (SSSR count). The zero-order chi connectivity index (χ0) is 13.6. The Kier molecular flexibility index (Phi) is 2.60. The van der Waals surface area contributed by atoms with Crippen LogP contribution in [-0.4, -0.2) is 22.1 Å². The van der Waals surface area contributed by atoms with Gasteiger partial charge in [0.2, 0.25) is 0 Å². The lowest BCUT2D eigenvalue weighted by molar-refractivity contribution is 0.0348. The monoisotopic (exact) mass is 261 g/mol. The molecule has 0 amide bonds. The van der Waals surface area contributed by atoms with Crippen LogP contribution in [0.5, 0.6) is 0 Å². The third-order valence-electron chi connectivity index (χ3n) is 4.15. The number of aryl methyl sites for hydroxylation is 1. The second kappa shape index (κ2) is 4.06. The lowest BCUT2D eigenvalue weighted by Crippen LogP contribution is -2.41. The molecule has 100 valence electrons. The number of aliphatic hydroxyl groups is 1. The van der Waals surface area contributed by atoms with Gasteiger partial charge in [0.25, 0.3) is 0 Å². The van der Waals surface area contributed by atoms with Crippen LogP contribution < -0.4 is 5.76 Å². The van der Waals surface area contributed by atoms with Gasteiger partial charge in [-0.2, -0.15) is 0 Å². The summed E-state index contributed by atoms with van der Waals surface area (Å²) in [4.78, 5) is 23.9. The van der Waals surface area contributed by atoms with Crippen molar-refractivity contribution in [3.8, 4) is 0 Å². The number of rotatable bonds is 3. The maximum atomic E-state index is 12.5. The standard InChI is InChI=1S/C14H15NO4/c1-15-10-7-9(3-4-11(10)19-13(15)18)12(17)14(8-16)5-2-6-14/h3-4,7,16H,2,5-6,8H2,1H3. The fourth-order valence-corrected chi connectivity index (χ4v) is 2.63. The van der Waals surface area contributed by atoms with Crippen LogP contribution in [0.2, 0.25) is 0 Å². The predicted molar refractivity (Wildman–Crippen MR) is 69.2 cm³/mol. The number of carbonyl (C=O) groups is 1. The van der Waals surface area contributed by atoms with Gasteiger partial charge in [0.05, 0.1) is 17.5 Å². The number of hydrogen-bond acceptors (Lipinski definition) is 4. The van der Waals surface area contributed by atoms with Crippen molar-refractivity contribution >= 4 is 16.9 Å². The van der Waals surface area contributed by atoms with E-state index < -0.39 is 11.2 Å². The molecule has 0 unspecified atom stereocenters. The van der Waals surface area contributed by atoms with Crippen LogP contribution in [0.4, 0.5) is 0 Å². The number of carbonyl (C=O) groups excluding carboxylic acids is 1. The zero-order valence-electron chi connectivity index (χ0n) is 10.7. The number of aliphatic hydroxyl groups excluding tert-OH is 1. The highest BCUT2D eigenvalue weighted by atomic mass is 16.4. The van der Waals surface area contributed by atoms with Crippen molar-refractivity contribution in [1.82, 2.24) is 4.57 Å². The molecule has 1 aromatic heterocycles. The van der Waals surface area contributed by atoms with Crippen molar-refractivity contribution in [1.29, 1.82) is 0 Å². The number of aromatic nitrogens is 1. The quantitative estimate of drug-likeness (QED) is 0.849. The average molecular weight is 261 g/mol. The van der Waals surface area contributed by atoms with Gasteiger partial charge in [0.1, 0.15) is 0 Å². The molecule has 2 aromatic rings. The largest absolute Gasteiger partial charge is 0.419 e. The first-order valence-electron chi connectivity index (χ1n) is 6.33. The summed E-state index contributed by atoms with van der Waals surface area (Å²) in [5, 5.41) is 9.45. The molecule has 1 aromatic carbocycles. The minimum Gasteiger partial charge on any atom is -0.408 e. The Labute approximate surface area is 109 Å². The first-order valence-corrected chi connectivity index (χ1v) is 6.33. The Morgan fingerprint density at radius 1 is 1.47 bits per heavy atom. The van der Waals surface area contributed by atoms with Crippen LogP contribution in [0.1, 0.15) is 29.6 Å². The normalized spacial score (nSPS) is 17.4. The molecular weight excluding hydrogens is 246 g/mol. The fraction of sp³-hybridized carbons (Fsp3) is 0.429. The van der Waals surface area contributed by atoms with Gasteiger partial charge >= 0.3 is 5.76 Å². The molecule has 0 spiro atoms. The summed E-state index contributed by atoms with van der Waals surface area (Å²) < 4.78 is 6.41. The highest BCUT2D eigenvalue weighted by Crippen LogP contribution is 2.43. The fourth-order valence-electron chi connectivity index (χ4n) is 2.63. The highest BCUT2D eigenvalue weighted by Gasteiger charge is 2.43. The Morgan fingerprint density at radius 3 is 2.79 bits per heavy atom. The summed E-state index contributed by atoms with van der Waals surface area (Å²) >= 11 is 0. The van der Waals surface area contributed by atoms with Crippen LogP contribution in [0.15, 0.2) is 27.4 Å². The van der Waals surface area contributed by atoms with Gasteiger partial charge in [-0.1, -0.05) is 6.42 Å². The van der Waals surface area contributed by atoms with Gasteiger partial charge < -0.3 is 9.52 Å². The predicted octanol–water partition coefficient (Wildman–Crippen LogP) is 1.48. The van der Waals surface area contributed by atoms with E-state index in [4.69, 9.17) is 4.42 Å². The average Bonchev–Trinajstić information content (AvgIpc) is 2.64. The summed E-state index contributed by atoms with van der Waals surface area (Å²) in [7, 11) is 1.60. The van der Waals surface area contributed by atoms with E-state index in [9.17, 15) is 14.7 Å². The molecule has 0 radical (unpaired) electrons. The van der Waals surface area contributed by atoms with Crippen molar-refractivity contribution in [3.63, 3.8) is 0 Å². The Hall–Kier alpha value is -1.88. The minimum atomic E-state index is -0.615. The molecular formula is C14H15NO4. The van der Waals surface area contributed by atoms with Gasteiger partial charge in [0, 0.05) is 12.6 Å². The summed E-state index contributed by atoms with van der Waals surface area (Å²) in [6.45, 7) is -0.117. The van der Waals surface area contributed by atoms with Gasteiger partial charge in [-0.3, -0.25) is 9.36 Å². The molecule has 1 saturated carbocycles. The van der Waals surface area contributed by atoms with Gasteiger partial charge in [-0.25, -0.2) is 4.79 Å². The van der Waals surface area contributed by atoms with Crippen molar-refractivity contribution < 1.29 is 14.3 Å². The summed E-state index contributed by atoms with van der Waals surface area (Å²) in [6.07, 6.45) is 2.42. The van der Waals surface area contributed by atoms with Crippen molar-refractivity contribution in [2.75, 3.05) is 6.61 Å². The van der Waals surface area contributed by atoms with Gasteiger partial charge in [-0.15, -0.1) is 0 Å². The van der Waals surface area contributed by atoms with Crippen LogP contribution in [0, 0.1) is 5.41 Å². The van der Waals surface area contributed by atoms with Crippen molar-refractivity contribution in [2.45, 2.75) is 19.3 Å². The number of nitrogens with zero attached hydrogens (tertiary/aromatic N) is 1. The second-order valence-electron chi connectivity index (χ2n) is 5.23. The molecule has 1 aliphatic rings. The molecule has 0 bridgehead atoms. The molecule has 0 aliphatic heterocycles. The van der Waals surface area contributed by atoms with E-state index in [2.05, 4.69) is 0 Å². The van der Waals surface area contributed by atoms with E-state index >= 15 is 0 Å². The summed E-state index contributed by atoms with van der Waals surface area (Å²) in [5.74, 6) is -0.489. The maximum absolute atomic E-state index is 12.5. The van der Waals surface area contributed by atoms with E-state index in [1.54, 1.807) is 25.2 Å². The Bertz CT molecular complexity index is 700. The molecule has 0 atom stereocenters. The van der Waals surface area contributed by atoms with E-state index in [-0.39, 0.29) is 12.4 Å². The number of ketones is 1. The Morgan fingerprint density at radius 2 is 2.21 bits per heavy atom. The van der Waals surface area contributed by atoms with Crippen molar-refractivity contribution in [3.05, 3.63) is 34.3 Å². The van der Waals surface area contributed by atoms with E-state index in [0.29, 0.717) is 16.7 Å². The number of hydrogen-bond donors (Lipinski definition) is 1. The van der Waals surface area contributed by atoms with Crippen LogP contribution in [0.3, 0.4) is 0 Å². The third-order valence-corrected chi connectivity index (χ3v) is 4.15. The zero-order valence-corrected chi connectivity index (χ0v) is 10.7. The summed E-state index contributed by atoms with van der Waals surface area (Å²) in [6, 6.07) is 4.95. The molecule has 5 nitrogen and oxygen atoms in total. The first kappa shape index (κ1) is 12.2. The SMILES string of the molecule is Cn1c(=O)oc2ccc(C(=O)C3(CO)CCC3)cc21. The molecule has 1 N–H and O–H groups in total. The molecule has 1 aliphatic carbocycles. The number of benzene rings is 1. The lowest BCUT2D eigenvalue weighted by Gasteiger charge is -2.38. The van der Waals surface area contributed by atoms with E-state index in [1.165, 1.54) is 4.57 Å². The smallest absolute Gasteiger partial charge is 0.408 e. The lowest BCUT2D eigenvalue weighted by atomic mass is 9.65. The summed E-state index contributed by atoms with van der Waals surface area (Å²) in [5.41, 5.74) is 0.979. The Balaban J connectivity index is 2.08. The van der Waals surface area contributed by atoms with Crippen molar-refractivity contribution in [2.24, 2.45) is 12.5 Å².